The summed E-state index contributed by atoms with van der Waals surface area (Å²) in [5, 5.41) is 2.97. The van der Waals surface area contributed by atoms with Crippen molar-refractivity contribution in [3.8, 4) is 0 Å². The van der Waals surface area contributed by atoms with Gasteiger partial charge in [0, 0.05) is 32.0 Å². The van der Waals surface area contributed by atoms with Gasteiger partial charge in [-0.15, -0.1) is 0 Å². The molecule has 39 heavy (non-hydrogen) atoms. The van der Waals surface area contributed by atoms with Gasteiger partial charge in [0.05, 0.1) is 11.3 Å². The minimum absolute atomic E-state index is 0.167. The van der Waals surface area contributed by atoms with Crippen LogP contribution in [0.25, 0.3) is 0 Å². The van der Waals surface area contributed by atoms with Gasteiger partial charge in [0.15, 0.2) is 0 Å². The van der Waals surface area contributed by atoms with Gasteiger partial charge in [0.2, 0.25) is 11.8 Å². The molecule has 3 aromatic rings. The van der Waals surface area contributed by atoms with E-state index in [1.54, 1.807) is 31.2 Å². The summed E-state index contributed by atoms with van der Waals surface area (Å²) in [4.78, 5) is 57.9. The minimum Gasteiger partial charge on any atom is -0.378 e. The van der Waals surface area contributed by atoms with Crippen molar-refractivity contribution in [2.24, 2.45) is 0 Å². The van der Waals surface area contributed by atoms with Crippen LogP contribution in [0.4, 0.5) is 17.1 Å². The topological polar surface area (TPSA) is 90.0 Å². The lowest BCUT2D eigenvalue weighted by molar-refractivity contribution is -0.145. The molecule has 4 rings (SSSR count). The number of carbonyl (C=O) groups excluding carboxylic acids is 4. The number of hydrogen-bond acceptors (Lipinski definition) is 5. The van der Waals surface area contributed by atoms with Crippen molar-refractivity contribution in [2.75, 3.05) is 35.8 Å². The molecule has 8 heteroatoms. The molecule has 0 bridgehead atoms. The first-order chi connectivity index (χ1) is 18.6. The summed E-state index contributed by atoms with van der Waals surface area (Å²) >= 11 is 0. The molecule has 0 aliphatic carbocycles. The Hall–Kier alpha value is -4.46. The fourth-order valence-electron chi connectivity index (χ4n) is 4.70. The van der Waals surface area contributed by atoms with E-state index in [1.807, 2.05) is 81.4 Å². The van der Waals surface area contributed by atoms with Crippen molar-refractivity contribution < 1.29 is 19.2 Å². The first-order valence-electron chi connectivity index (χ1n) is 13.0. The summed E-state index contributed by atoms with van der Waals surface area (Å²) in [7, 11) is 3.88. The first kappa shape index (κ1) is 27.6. The van der Waals surface area contributed by atoms with E-state index < -0.39 is 23.1 Å². The van der Waals surface area contributed by atoms with E-state index in [-0.39, 0.29) is 24.6 Å². The van der Waals surface area contributed by atoms with E-state index >= 15 is 0 Å². The number of rotatable bonds is 9. The fourth-order valence-corrected chi connectivity index (χ4v) is 4.70. The number of aryl methyl sites for hydroxylation is 1. The summed E-state index contributed by atoms with van der Waals surface area (Å²) in [5.74, 6) is -2.16. The molecule has 1 aliphatic heterocycles. The van der Waals surface area contributed by atoms with E-state index in [9.17, 15) is 19.2 Å². The predicted molar refractivity (Wildman–Crippen MR) is 153 cm³/mol. The number of anilines is 3. The standard InChI is InChI=1S/C31H34N4O4/c1-6-31(3,30(39)32-23-15-17-24(18-16-23)33(4)5)35(19-22-12-8-7-11-21(22)2)27(36)20-34-26-14-10-9-13-25(26)28(37)29(34)38/h7-18H,6,19-20H2,1-5H3,(H,32,39). The number of para-hydroxylation sites is 1. The van der Waals surface area contributed by atoms with Crippen LogP contribution >= 0.6 is 0 Å². The van der Waals surface area contributed by atoms with Crippen LogP contribution < -0.4 is 15.1 Å². The van der Waals surface area contributed by atoms with Gasteiger partial charge >= 0.3 is 0 Å². The first-order valence-corrected chi connectivity index (χ1v) is 13.0. The quantitative estimate of drug-likeness (QED) is 0.417. The molecule has 1 atom stereocenters. The smallest absolute Gasteiger partial charge is 0.299 e. The zero-order valence-corrected chi connectivity index (χ0v) is 23.0. The molecule has 1 N–H and O–H groups in total. The molecule has 1 unspecified atom stereocenters. The highest BCUT2D eigenvalue weighted by Gasteiger charge is 2.43. The summed E-state index contributed by atoms with van der Waals surface area (Å²) in [6, 6.07) is 21.8. The molecule has 0 radical (unpaired) electrons. The van der Waals surface area contributed by atoms with Gasteiger partial charge < -0.3 is 15.1 Å². The number of nitrogens with one attached hydrogen (secondary N) is 1. The Kier molecular flexibility index (Phi) is 7.85. The van der Waals surface area contributed by atoms with Crippen molar-refractivity contribution in [3.63, 3.8) is 0 Å². The Balaban J connectivity index is 1.67. The van der Waals surface area contributed by atoms with Crippen molar-refractivity contribution in [2.45, 2.75) is 39.3 Å². The zero-order valence-electron chi connectivity index (χ0n) is 23.0. The average molecular weight is 527 g/mol. The third kappa shape index (κ3) is 5.41. The van der Waals surface area contributed by atoms with Crippen LogP contribution in [0, 0.1) is 6.92 Å². The van der Waals surface area contributed by atoms with Crippen LogP contribution in [-0.4, -0.2) is 54.6 Å². The zero-order chi connectivity index (χ0) is 28.3. The number of nitrogens with zero attached hydrogens (tertiary/aromatic N) is 3. The number of fused-ring (bicyclic) bond motifs is 1. The van der Waals surface area contributed by atoms with Crippen LogP contribution in [0.5, 0.6) is 0 Å². The number of hydrogen-bond donors (Lipinski definition) is 1. The maximum atomic E-state index is 14.0. The van der Waals surface area contributed by atoms with Gasteiger partial charge in [-0.2, -0.15) is 0 Å². The highest BCUT2D eigenvalue weighted by molar-refractivity contribution is 6.52. The Morgan fingerprint density at radius 2 is 1.56 bits per heavy atom. The lowest BCUT2D eigenvalue weighted by Crippen LogP contribution is -2.58. The lowest BCUT2D eigenvalue weighted by Gasteiger charge is -2.40. The van der Waals surface area contributed by atoms with Gasteiger partial charge in [0.25, 0.3) is 11.7 Å². The van der Waals surface area contributed by atoms with Crippen molar-refractivity contribution >= 4 is 40.6 Å². The Morgan fingerprint density at radius 1 is 0.923 bits per heavy atom. The average Bonchev–Trinajstić information content (AvgIpc) is 3.17. The third-order valence-corrected chi connectivity index (χ3v) is 7.48. The summed E-state index contributed by atoms with van der Waals surface area (Å²) < 4.78 is 0. The van der Waals surface area contributed by atoms with Gasteiger partial charge in [-0.05, 0) is 67.8 Å². The molecule has 0 saturated carbocycles. The van der Waals surface area contributed by atoms with Crippen molar-refractivity contribution in [3.05, 3.63) is 89.5 Å². The van der Waals surface area contributed by atoms with E-state index in [2.05, 4.69) is 5.32 Å². The van der Waals surface area contributed by atoms with E-state index in [1.165, 1.54) is 9.80 Å². The number of Topliss-reactive ketones (excluding diaryl/α,β-unsaturated/α-hetero) is 1. The van der Waals surface area contributed by atoms with Gasteiger partial charge in [-0.1, -0.05) is 43.3 Å². The second kappa shape index (κ2) is 11.1. The maximum absolute atomic E-state index is 14.0. The highest BCUT2D eigenvalue weighted by Crippen LogP contribution is 2.31. The van der Waals surface area contributed by atoms with Gasteiger partial charge in [-0.25, -0.2) is 0 Å². The predicted octanol–water partition coefficient (Wildman–Crippen LogP) is 4.43. The minimum atomic E-state index is -1.24. The van der Waals surface area contributed by atoms with Crippen LogP contribution in [-0.2, 0) is 20.9 Å². The van der Waals surface area contributed by atoms with Gasteiger partial charge in [0.1, 0.15) is 12.1 Å². The van der Waals surface area contributed by atoms with Crippen molar-refractivity contribution in [1.82, 2.24) is 4.90 Å². The van der Waals surface area contributed by atoms with E-state index in [0.717, 1.165) is 16.8 Å². The SMILES string of the molecule is CCC(C)(C(=O)Nc1ccc(N(C)C)cc1)N(Cc1ccccc1C)C(=O)CN1C(=O)C(=O)c2ccccc21. The van der Waals surface area contributed by atoms with E-state index in [0.29, 0.717) is 17.8 Å². The molecule has 1 aliphatic rings. The van der Waals surface area contributed by atoms with Crippen LogP contribution in [0.3, 0.4) is 0 Å². The second-order valence-corrected chi connectivity index (χ2v) is 10.2. The van der Waals surface area contributed by atoms with Crippen LogP contribution in [0.1, 0.15) is 41.8 Å². The summed E-state index contributed by atoms with van der Waals surface area (Å²) in [5.41, 5.74) is 2.91. The fraction of sp³-hybridized carbons (Fsp3) is 0.290. The van der Waals surface area contributed by atoms with Crippen molar-refractivity contribution in [1.29, 1.82) is 0 Å². The molecule has 8 nitrogen and oxygen atoms in total. The number of ketones is 1. The lowest BCUT2D eigenvalue weighted by atomic mass is 9.93. The van der Waals surface area contributed by atoms with Crippen LogP contribution in [0.2, 0.25) is 0 Å². The normalized spacial score (nSPS) is 14.0. The number of carbonyl (C=O) groups is 4. The Bertz CT molecular complexity index is 1420. The monoisotopic (exact) mass is 526 g/mol. The third-order valence-electron chi connectivity index (χ3n) is 7.48. The number of amides is 3. The summed E-state index contributed by atoms with van der Waals surface area (Å²) in [6.45, 7) is 5.35. The Labute approximate surface area is 229 Å². The molecule has 0 spiro atoms. The second-order valence-electron chi connectivity index (χ2n) is 10.2. The molecule has 3 amide bonds. The summed E-state index contributed by atoms with van der Waals surface area (Å²) in [6.07, 6.45) is 0.329. The molecular weight excluding hydrogens is 492 g/mol. The molecule has 0 saturated heterocycles. The van der Waals surface area contributed by atoms with E-state index in [4.69, 9.17) is 0 Å². The Morgan fingerprint density at radius 3 is 2.21 bits per heavy atom. The molecule has 202 valence electrons. The highest BCUT2D eigenvalue weighted by atomic mass is 16.2. The van der Waals surface area contributed by atoms with Gasteiger partial charge in [-0.3, -0.25) is 24.1 Å². The molecule has 1 heterocycles. The van der Waals surface area contributed by atoms with Crippen LogP contribution in [0.15, 0.2) is 72.8 Å². The number of benzene rings is 3. The maximum Gasteiger partial charge on any atom is 0.299 e. The molecular formula is C31H34N4O4. The molecule has 0 fully saturated rings. The molecule has 3 aromatic carbocycles. The molecule has 0 aromatic heterocycles. The largest absolute Gasteiger partial charge is 0.378 e.